The first kappa shape index (κ1) is 15.1. The minimum Gasteiger partial charge on any atom is -0.465 e. The average Bonchev–Trinajstić information content (AvgIpc) is 3.32. The number of carbonyl (C=O) groups excluding carboxylic acids is 1. The highest BCUT2D eigenvalue weighted by Gasteiger charge is 2.17. The molecule has 2 aromatic carbocycles. The summed E-state index contributed by atoms with van der Waals surface area (Å²) < 4.78 is 26.9. The molecule has 1 aliphatic heterocycles. The molecule has 0 aliphatic carbocycles. The van der Waals surface area contributed by atoms with Crippen LogP contribution in [0.15, 0.2) is 59.2 Å². The molecule has 0 unspecified atom stereocenters. The largest absolute Gasteiger partial charge is 0.465 e. The maximum atomic E-state index is 11.8. The summed E-state index contributed by atoms with van der Waals surface area (Å²) >= 11 is 0. The van der Waals surface area contributed by atoms with Crippen LogP contribution in [0.5, 0.6) is 23.0 Å². The summed E-state index contributed by atoms with van der Waals surface area (Å²) in [6.07, 6.45) is 1.56. The van der Waals surface area contributed by atoms with E-state index in [9.17, 15) is 4.79 Å². The van der Waals surface area contributed by atoms with E-state index in [1.54, 1.807) is 54.8 Å². The van der Waals surface area contributed by atoms with Crippen molar-refractivity contribution < 1.29 is 28.2 Å². The van der Waals surface area contributed by atoms with Gasteiger partial charge in [-0.1, -0.05) is 0 Å². The zero-order chi connectivity index (χ0) is 17.2. The molecule has 4 rings (SSSR count). The molecule has 0 saturated heterocycles. The van der Waals surface area contributed by atoms with Gasteiger partial charge in [0.15, 0.2) is 11.5 Å². The number of furan rings is 1. The number of fused-ring (bicyclic) bond motifs is 1. The highest BCUT2D eigenvalue weighted by Crippen LogP contribution is 2.39. The second-order valence-electron chi connectivity index (χ2n) is 5.30. The van der Waals surface area contributed by atoms with E-state index in [1.165, 1.54) is 7.11 Å². The predicted octanol–water partition coefficient (Wildman–Crippen LogP) is 4.25. The van der Waals surface area contributed by atoms with Gasteiger partial charge < -0.3 is 23.4 Å². The van der Waals surface area contributed by atoms with Gasteiger partial charge in [-0.3, -0.25) is 0 Å². The lowest BCUT2D eigenvalue weighted by Gasteiger charge is -2.11. The molecule has 126 valence electrons. The molecule has 0 spiro atoms. The predicted molar refractivity (Wildman–Crippen MR) is 88.1 cm³/mol. The Balaban J connectivity index is 1.72. The fourth-order valence-corrected chi connectivity index (χ4v) is 2.56. The summed E-state index contributed by atoms with van der Waals surface area (Å²) in [4.78, 5) is 11.8. The number of methoxy groups -OCH3 is 1. The third-order valence-corrected chi connectivity index (χ3v) is 3.76. The smallest absolute Gasteiger partial charge is 0.337 e. The molecule has 0 atom stereocenters. The number of hydrogen-bond acceptors (Lipinski definition) is 6. The van der Waals surface area contributed by atoms with Crippen molar-refractivity contribution in [2.24, 2.45) is 0 Å². The van der Waals surface area contributed by atoms with E-state index < -0.39 is 5.97 Å². The molecule has 0 bridgehead atoms. The Hall–Kier alpha value is -3.41. The number of benzene rings is 2. The van der Waals surface area contributed by atoms with E-state index in [4.69, 9.17) is 23.4 Å². The van der Waals surface area contributed by atoms with Crippen LogP contribution in [0.3, 0.4) is 0 Å². The first-order chi connectivity index (χ1) is 12.2. The first-order valence-corrected chi connectivity index (χ1v) is 7.58. The van der Waals surface area contributed by atoms with Gasteiger partial charge in [0.2, 0.25) is 6.79 Å². The summed E-state index contributed by atoms with van der Waals surface area (Å²) in [5, 5.41) is 0. The Bertz CT molecular complexity index is 914. The Morgan fingerprint density at radius 3 is 2.72 bits per heavy atom. The monoisotopic (exact) mass is 338 g/mol. The van der Waals surface area contributed by atoms with Crippen molar-refractivity contribution in [3.63, 3.8) is 0 Å². The Labute approximate surface area is 143 Å². The lowest BCUT2D eigenvalue weighted by Crippen LogP contribution is -2.01. The minimum atomic E-state index is -0.428. The summed E-state index contributed by atoms with van der Waals surface area (Å²) in [5.41, 5.74) is 1.05. The highest BCUT2D eigenvalue weighted by molar-refractivity contribution is 5.91. The maximum Gasteiger partial charge on any atom is 0.337 e. The van der Waals surface area contributed by atoms with Gasteiger partial charge in [-0.2, -0.15) is 0 Å². The number of rotatable bonds is 4. The number of hydrogen-bond donors (Lipinski definition) is 0. The van der Waals surface area contributed by atoms with Crippen LogP contribution in [0.4, 0.5) is 0 Å². The summed E-state index contributed by atoms with van der Waals surface area (Å²) in [5.74, 6) is 2.59. The molecule has 2 heterocycles. The van der Waals surface area contributed by atoms with Crippen molar-refractivity contribution in [1.82, 2.24) is 0 Å². The molecule has 3 aromatic rings. The van der Waals surface area contributed by atoms with Crippen LogP contribution in [0.2, 0.25) is 0 Å². The van der Waals surface area contributed by atoms with E-state index in [0.717, 1.165) is 0 Å². The number of carbonyl (C=O) groups is 1. The fourth-order valence-electron chi connectivity index (χ4n) is 2.56. The second kappa shape index (κ2) is 6.24. The SMILES string of the molecule is COC(=O)c1ccc(Oc2ccc3c(c2)OCO3)c(-c2ccco2)c1. The fraction of sp³-hybridized carbons (Fsp3) is 0.105. The lowest BCUT2D eigenvalue weighted by molar-refractivity contribution is 0.0601. The van der Waals surface area contributed by atoms with Gasteiger partial charge in [-0.05, 0) is 42.5 Å². The van der Waals surface area contributed by atoms with Crippen LogP contribution in [0.1, 0.15) is 10.4 Å². The van der Waals surface area contributed by atoms with Gasteiger partial charge in [0.25, 0.3) is 0 Å². The highest BCUT2D eigenvalue weighted by atomic mass is 16.7. The first-order valence-electron chi connectivity index (χ1n) is 7.58. The second-order valence-corrected chi connectivity index (χ2v) is 5.30. The lowest BCUT2D eigenvalue weighted by atomic mass is 10.1. The Morgan fingerprint density at radius 1 is 1.04 bits per heavy atom. The number of ether oxygens (including phenoxy) is 4. The molecule has 6 nitrogen and oxygen atoms in total. The van der Waals surface area contributed by atoms with E-state index >= 15 is 0 Å². The van der Waals surface area contributed by atoms with E-state index in [0.29, 0.717) is 39.9 Å². The third kappa shape index (κ3) is 2.89. The molecule has 0 fully saturated rings. The third-order valence-electron chi connectivity index (χ3n) is 3.76. The van der Waals surface area contributed by atoms with Gasteiger partial charge in [-0.25, -0.2) is 4.79 Å². The van der Waals surface area contributed by atoms with Crippen LogP contribution in [0.25, 0.3) is 11.3 Å². The summed E-state index contributed by atoms with van der Waals surface area (Å²) in [6.45, 7) is 0.199. The van der Waals surface area contributed by atoms with Crippen molar-refractivity contribution in [3.05, 3.63) is 60.4 Å². The van der Waals surface area contributed by atoms with Gasteiger partial charge in [0, 0.05) is 6.07 Å². The van der Waals surface area contributed by atoms with E-state index in [2.05, 4.69) is 0 Å². The molecule has 1 aliphatic rings. The van der Waals surface area contributed by atoms with Gasteiger partial charge in [0.05, 0.1) is 24.5 Å². The standard InChI is InChI=1S/C19H14O6/c1-21-19(20)12-4-6-16(14(9-12)15-3-2-8-22-15)25-13-5-7-17-18(10-13)24-11-23-17/h2-10H,11H2,1H3. The van der Waals surface area contributed by atoms with Crippen LogP contribution in [0, 0.1) is 0 Å². The van der Waals surface area contributed by atoms with Crippen molar-refractivity contribution >= 4 is 5.97 Å². The zero-order valence-corrected chi connectivity index (χ0v) is 13.4. The molecule has 0 N–H and O–H groups in total. The molecular weight excluding hydrogens is 324 g/mol. The van der Waals surface area contributed by atoms with E-state index in [1.807, 2.05) is 0 Å². The van der Waals surface area contributed by atoms with Gasteiger partial charge in [-0.15, -0.1) is 0 Å². The van der Waals surface area contributed by atoms with Crippen LogP contribution < -0.4 is 14.2 Å². The van der Waals surface area contributed by atoms with Crippen molar-refractivity contribution in [2.45, 2.75) is 0 Å². The molecule has 25 heavy (non-hydrogen) atoms. The zero-order valence-electron chi connectivity index (χ0n) is 13.4. The molecular formula is C19H14O6. The van der Waals surface area contributed by atoms with Gasteiger partial charge in [0.1, 0.15) is 17.3 Å². The van der Waals surface area contributed by atoms with E-state index in [-0.39, 0.29) is 6.79 Å². The number of esters is 1. The molecule has 6 heteroatoms. The van der Waals surface area contributed by atoms with Crippen molar-refractivity contribution in [2.75, 3.05) is 13.9 Å². The minimum absolute atomic E-state index is 0.199. The Morgan fingerprint density at radius 2 is 1.92 bits per heavy atom. The molecule has 0 radical (unpaired) electrons. The van der Waals surface area contributed by atoms with Gasteiger partial charge >= 0.3 is 5.97 Å². The van der Waals surface area contributed by atoms with Crippen LogP contribution in [-0.2, 0) is 4.74 Å². The topological polar surface area (TPSA) is 67.1 Å². The quantitative estimate of drug-likeness (QED) is 0.662. The molecule has 0 saturated carbocycles. The van der Waals surface area contributed by atoms with Crippen LogP contribution in [-0.4, -0.2) is 19.9 Å². The molecule has 1 aromatic heterocycles. The van der Waals surface area contributed by atoms with Crippen molar-refractivity contribution in [3.8, 4) is 34.3 Å². The molecule has 0 amide bonds. The maximum absolute atomic E-state index is 11.8. The van der Waals surface area contributed by atoms with Crippen molar-refractivity contribution in [1.29, 1.82) is 0 Å². The normalized spacial score (nSPS) is 12.0. The Kier molecular flexibility index (Phi) is 3.78. The van der Waals surface area contributed by atoms with Crippen LogP contribution >= 0.6 is 0 Å². The summed E-state index contributed by atoms with van der Waals surface area (Å²) in [7, 11) is 1.34. The summed E-state index contributed by atoms with van der Waals surface area (Å²) in [6, 6.07) is 13.9. The average molecular weight is 338 g/mol.